The van der Waals surface area contributed by atoms with E-state index in [-0.39, 0.29) is 18.3 Å². The number of nitrogens with one attached hydrogen (secondary N) is 3. The van der Waals surface area contributed by atoms with Gasteiger partial charge in [-0.1, -0.05) is 6.07 Å². The van der Waals surface area contributed by atoms with Crippen LogP contribution in [0, 0.1) is 11.7 Å². The van der Waals surface area contributed by atoms with Crippen molar-refractivity contribution < 1.29 is 18.7 Å². The molecule has 1 aliphatic rings. The maximum atomic E-state index is 13.5. The third-order valence-electron chi connectivity index (χ3n) is 4.98. The number of ether oxygens (including phenoxy) is 2. The van der Waals surface area contributed by atoms with Crippen LogP contribution in [0.2, 0.25) is 0 Å². The SMILES string of the molecule is CNCCOc1cc(-c2cn[nH]c2)ccc1NC(=O)C1COc2ccc(F)cc2C1. The van der Waals surface area contributed by atoms with E-state index < -0.39 is 5.92 Å². The van der Waals surface area contributed by atoms with Crippen LogP contribution in [0.5, 0.6) is 11.5 Å². The van der Waals surface area contributed by atoms with Crippen molar-refractivity contribution in [1.29, 1.82) is 0 Å². The van der Waals surface area contributed by atoms with Crippen LogP contribution in [0.1, 0.15) is 5.56 Å². The number of carbonyl (C=O) groups is 1. The van der Waals surface area contributed by atoms with Crippen LogP contribution in [-0.2, 0) is 11.2 Å². The monoisotopic (exact) mass is 410 g/mol. The fourth-order valence-electron chi connectivity index (χ4n) is 3.36. The highest BCUT2D eigenvalue weighted by atomic mass is 19.1. The molecule has 1 unspecified atom stereocenters. The number of likely N-dealkylation sites (N-methyl/N-ethyl adjacent to an activating group) is 1. The minimum Gasteiger partial charge on any atom is -0.492 e. The lowest BCUT2D eigenvalue weighted by Gasteiger charge is -2.25. The molecule has 0 bridgehead atoms. The summed E-state index contributed by atoms with van der Waals surface area (Å²) in [4.78, 5) is 12.9. The number of hydrogen-bond donors (Lipinski definition) is 3. The molecule has 1 amide bonds. The van der Waals surface area contributed by atoms with Crippen LogP contribution in [0.4, 0.5) is 10.1 Å². The van der Waals surface area contributed by atoms with E-state index >= 15 is 0 Å². The summed E-state index contributed by atoms with van der Waals surface area (Å²) in [6, 6.07) is 9.95. The minimum atomic E-state index is -0.419. The van der Waals surface area contributed by atoms with Gasteiger partial charge in [0.25, 0.3) is 0 Å². The molecule has 0 saturated heterocycles. The Balaban J connectivity index is 1.52. The number of rotatable bonds is 7. The fraction of sp³-hybridized carbons (Fsp3) is 0.273. The predicted molar refractivity (Wildman–Crippen MR) is 111 cm³/mol. The highest BCUT2D eigenvalue weighted by Crippen LogP contribution is 2.33. The second-order valence-electron chi connectivity index (χ2n) is 7.10. The van der Waals surface area contributed by atoms with Gasteiger partial charge in [0.05, 0.1) is 17.8 Å². The van der Waals surface area contributed by atoms with Crippen molar-refractivity contribution in [2.45, 2.75) is 6.42 Å². The summed E-state index contributed by atoms with van der Waals surface area (Å²) in [5.41, 5.74) is 3.12. The zero-order valence-electron chi connectivity index (χ0n) is 16.6. The highest BCUT2D eigenvalue weighted by molar-refractivity contribution is 5.95. The zero-order chi connectivity index (χ0) is 20.9. The number of halogens is 1. The Morgan fingerprint density at radius 2 is 2.20 bits per heavy atom. The normalized spacial score (nSPS) is 15.2. The molecule has 30 heavy (non-hydrogen) atoms. The second-order valence-corrected chi connectivity index (χ2v) is 7.10. The first kappa shape index (κ1) is 19.9. The number of fused-ring (bicyclic) bond motifs is 1. The number of aromatic amines is 1. The lowest BCUT2D eigenvalue weighted by molar-refractivity contribution is -0.121. The van der Waals surface area contributed by atoms with Crippen molar-refractivity contribution in [3.63, 3.8) is 0 Å². The lowest BCUT2D eigenvalue weighted by atomic mass is 9.95. The van der Waals surface area contributed by atoms with E-state index in [2.05, 4.69) is 20.8 Å². The van der Waals surface area contributed by atoms with Gasteiger partial charge in [0.15, 0.2) is 0 Å². The molecule has 0 saturated carbocycles. The highest BCUT2D eigenvalue weighted by Gasteiger charge is 2.27. The standard InChI is InChI=1S/C22H23FN4O3/c1-24-6-7-29-21-10-14(17-11-25-26-12-17)2-4-19(21)27-22(28)16-8-15-9-18(23)3-5-20(15)30-13-16/h2-5,9-12,16,24H,6-8,13H2,1H3,(H,25,26)(H,27,28). The van der Waals surface area contributed by atoms with Crippen LogP contribution in [0.25, 0.3) is 11.1 Å². The van der Waals surface area contributed by atoms with E-state index in [9.17, 15) is 9.18 Å². The molecule has 0 fully saturated rings. The second kappa shape index (κ2) is 8.96. The Kier molecular flexibility index (Phi) is 5.94. The first-order chi connectivity index (χ1) is 14.6. The van der Waals surface area contributed by atoms with Crippen molar-refractivity contribution >= 4 is 11.6 Å². The molecule has 2 aromatic carbocycles. The van der Waals surface area contributed by atoms with Gasteiger partial charge in [0.2, 0.25) is 5.91 Å². The molecule has 8 heteroatoms. The number of aromatic nitrogens is 2. The van der Waals surface area contributed by atoms with E-state index in [1.807, 2.05) is 25.2 Å². The van der Waals surface area contributed by atoms with Crippen LogP contribution < -0.4 is 20.1 Å². The summed E-state index contributed by atoms with van der Waals surface area (Å²) in [7, 11) is 1.84. The smallest absolute Gasteiger partial charge is 0.231 e. The average molecular weight is 410 g/mol. The molecule has 4 rings (SSSR count). The lowest BCUT2D eigenvalue weighted by Crippen LogP contribution is -2.32. The molecule has 0 spiro atoms. The minimum absolute atomic E-state index is 0.195. The number of hydrogen-bond acceptors (Lipinski definition) is 5. The average Bonchev–Trinajstić information content (AvgIpc) is 3.29. The number of H-pyrrole nitrogens is 1. The summed E-state index contributed by atoms with van der Waals surface area (Å²) in [5.74, 6) is 0.243. The molecule has 3 aromatic rings. The van der Waals surface area contributed by atoms with Gasteiger partial charge in [0, 0.05) is 18.3 Å². The zero-order valence-corrected chi connectivity index (χ0v) is 16.6. The van der Waals surface area contributed by atoms with Gasteiger partial charge in [-0.3, -0.25) is 9.89 Å². The van der Waals surface area contributed by atoms with E-state index in [1.165, 1.54) is 12.1 Å². The number of nitrogens with zero attached hydrogens (tertiary/aromatic N) is 1. The summed E-state index contributed by atoms with van der Waals surface area (Å²) < 4.78 is 25.1. The van der Waals surface area contributed by atoms with Gasteiger partial charge in [-0.2, -0.15) is 5.10 Å². The summed E-state index contributed by atoms with van der Waals surface area (Å²) >= 11 is 0. The van der Waals surface area contributed by atoms with Gasteiger partial charge in [-0.15, -0.1) is 0 Å². The number of anilines is 1. The molecular weight excluding hydrogens is 387 g/mol. The summed E-state index contributed by atoms with van der Waals surface area (Å²) in [5, 5.41) is 12.7. The largest absolute Gasteiger partial charge is 0.492 e. The van der Waals surface area contributed by atoms with Crippen molar-refractivity contribution in [3.8, 4) is 22.6 Å². The Morgan fingerprint density at radius 3 is 3.00 bits per heavy atom. The topological polar surface area (TPSA) is 88.3 Å². The van der Waals surface area contributed by atoms with Crippen molar-refractivity contribution in [1.82, 2.24) is 15.5 Å². The van der Waals surface area contributed by atoms with E-state index in [4.69, 9.17) is 9.47 Å². The molecule has 7 nitrogen and oxygen atoms in total. The molecule has 1 aromatic heterocycles. The Labute approximate surface area is 173 Å². The van der Waals surface area contributed by atoms with Gasteiger partial charge in [0.1, 0.15) is 30.5 Å². The van der Waals surface area contributed by atoms with Gasteiger partial charge in [-0.05, 0) is 54.9 Å². The van der Waals surface area contributed by atoms with Gasteiger partial charge < -0.3 is 20.1 Å². The first-order valence-corrected chi connectivity index (χ1v) is 9.76. The molecule has 3 N–H and O–H groups in total. The molecule has 1 atom stereocenters. The molecular formula is C22H23FN4O3. The molecule has 1 aliphatic heterocycles. The van der Waals surface area contributed by atoms with Crippen LogP contribution >= 0.6 is 0 Å². The maximum Gasteiger partial charge on any atom is 0.231 e. The molecule has 2 heterocycles. The Morgan fingerprint density at radius 1 is 1.30 bits per heavy atom. The van der Waals surface area contributed by atoms with Crippen LogP contribution in [0.3, 0.4) is 0 Å². The van der Waals surface area contributed by atoms with E-state index in [1.54, 1.807) is 18.5 Å². The van der Waals surface area contributed by atoms with Gasteiger partial charge in [-0.25, -0.2) is 4.39 Å². The van der Waals surface area contributed by atoms with Crippen molar-refractivity contribution in [2.24, 2.45) is 5.92 Å². The number of carbonyl (C=O) groups excluding carboxylic acids is 1. The third kappa shape index (κ3) is 4.44. The van der Waals surface area contributed by atoms with Crippen LogP contribution in [-0.4, -0.2) is 42.9 Å². The number of benzene rings is 2. The van der Waals surface area contributed by atoms with Crippen molar-refractivity contribution in [3.05, 3.63) is 60.2 Å². The van der Waals surface area contributed by atoms with Crippen molar-refractivity contribution in [2.75, 3.05) is 32.1 Å². The summed E-state index contributed by atoms with van der Waals surface area (Å²) in [6.45, 7) is 1.36. The van der Waals surface area contributed by atoms with Gasteiger partial charge >= 0.3 is 0 Å². The first-order valence-electron chi connectivity index (χ1n) is 9.76. The predicted octanol–water partition coefficient (Wildman–Crippen LogP) is 3.00. The Bertz CT molecular complexity index is 1020. The number of amides is 1. The molecule has 0 aliphatic carbocycles. The van der Waals surface area contributed by atoms with E-state index in [0.29, 0.717) is 42.3 Å². The fourth-order valence-corrected chi connectivity index (χ4v) is 3.36. The summed E-state index contributed by atoms with van der Waals surface area (Å²) in [6.07, 6.45) is 3.93. The van der Waals surface area contributed by atoms with E-state index in [0.717, 1.165) is 11.1 Å². The Hall–Kier alpha value is -3.39. The molecule has 156 valence electrons. The van der Waals surface area contributed by atoms with Crippen LogP contribution in [0.15, 0.2) is 48.8 Å². The quantitative estimate of drug-likeness (QED) is 0.521. The third-order valence-corrected chi connectivity index (χ3v) is 4.98. The molecule has 0 radical (unpaired) electrons. The maximum absolute atomic E-state index is 13.5.